The number of aromatic amines is 1. The molecule has 0 radical (unpaired) electrons. The number of carbonyl (C=O) groups is 1. The highest BCUT2D eigenvalue weighted by molar-refractivity contribution is 6.08. The van der Waals surface area contributed by atoms with Gasteiger partial charge in [-0.05, 0) is 24.3 Å². The lowest BCUT2D eigenvalue weighted by atomic mass is 10.2. The smallest absolute Gasteiger partial charge is 0.322 e. The van der Waals surface area contributed by atoms with E-state index < -0.39 is 5.91 Å². The average molecular weight is 414 g/mol. The van der Waals surface area contributed by atoms with Crippen LogP contribution in [0.15, 0.2) is 76.4 Å². The number of hydrogen-bond acceptors (Lipinski definition) is 4. The van der Waals surface area contributed by atoms with Gasteiger partial charge in [0.15, 0.2) is 5.65 Å². The number of rotatable bonds is 4. The molecule has 9 nitrogen and oxygen atoms in total. The summed E-state index contributed by atoms with van der Waals surface area (Å²) in [5.41, 5.74) is 2.40. The lowest BCUT2D eigenvalue weighted by Crippen LogP contribution is -2.24. The van der Waals surface area contributed by atoms with Crippen LogP contribution < -0.4 is 16.6 Å². The van der Waals surface area contributed by atoms with Crippen molar-refractivity contribution in [2.75, 3.05) is 5.32 Å². The molecule has 0 aliphatic heterocycles. The average Bonchev–Trinajstić information content (AvgIpc) is 3.31. The molecule has 3 heterocycles. The first-order valence-electron chi connectivity index (χ1n) is 9.63. The fourth-order valence-electron chi connectivity index (χ4n) is 3.67. The van der Waals surface area contributed by atoms with E-state index in [0.717, 1.165) is 11.0 Å². The molecule has 2 aromatic carbocycles. The largest absolute Gasteiger partial charge is 0.329 e. The van der Waals surface area contributed by atoms with Gasteiger partial charge in [0.1, 0.15) is 5.56 Å². The molecule has 154 valence electrons. The van der Waals surface area contributed by atoms with Crippen LogP contribution in [0.3, 0.4) is 0 Å². The van der Waals surface area contributed by atoms with Crippen LogP contribution in [-0.2, 0) is 13.6 Å². The summed E-state index contributed by atoms with van der Waals surface area (Å²) in [4.78, 5) is 42.6. The summed E-state index contributed by atoms with van der Waals surface area (Å²) in [6, 6.07) is 17.8. The van der Waals surface area contributed by atoms with Gasteiger partial charge in [-0.25, -0.2) is 14.3 Å². The van der Waals surface area contributed by atoms with E-state index in [9.17, 15) is 14.4 Å². The molecule has 1 amide bonds. The van der Waals surface area contributed by atoms with E-state index >= 15 is 0 Å². The minimum atomic E-state index is -0.392. The molecule has 0 spiro atoms. The van der Waals surface area contributed by atoms with Crippen LogP contribution in [0.4, 0.5) is 5.69 Å². The normalized spacial score (nSPS) is 11.3. The summed E-state index contributed by atoms with van der Waals surface area (Å²) in [7, 11) is 1.70. The van der Waals surface area contributed by atoms with E-state index in [4.69, 9.17) is 0 Å². The van der Waals surface area contributed by atoms with Crippen molar-refractivity contribution in [2.45, 2.75) is 6.54 Å². The summed E-state index contributed by atoms with van der Waals surface area (Å²) < 4.78 is 4.31. The number of H-pyrrole nitrogens is 1. The number of aryl methyl sites for hydroxylation is 1. The Morgan fingerprint density at radius 2 is 1.74 bits per heavy atom. The van der Waals surface area contributed by atoms with E-state index in [1.54, 1.807) is 28.3 Å². The van der Waals surface area contributed by atoms with Crippen molar-refractivity contribution in [1.82, 2.24) is 23.7 Å². The highest BCUT2D eigenvalue weighted by Gasteiger charge is 2.17. The van der Waals surface area contributed by atoms with Gasteiger partial charge in [-0.15, -0.1) is 0 Å². The third-order valence-corrected chi connectivity index (χ3v) is 5.20. The molecule has 2 N–H and O–H groups in total. The number of imidazole rings is 1. The minimum Gasteiger partial charge on any atom is -0.322 e. The fourth-order valence-corrected chi connectivity index (χ4v) is 3.67. The molecular weight excluding hydrogens is 396 g/mol. The van der Waals surface area contributed by atoms with Gasteiger partial charge in [-0.3, -0.25) is 23.8 Å². The number of nitrogens with zero attached hydrogens (tertiary/aromatic N) is 4. The van der Waals surface area contributed by atoms with Crippen molar-refractivity contribution < 1.29 is 4.79 Å². The van der Waals surface area contributed by atoms with Crippen molar-refractivity contribution in [3.63, 3.8) is 0 Å². The Morgan fingerprint density at radius 3 is 2.52 bits per heavy atom. The molecule has 9 heteroatoms. The predicted octanol–water partition coefficient (Wildman–Crippen LogP) is 1.98. The number of fused-ring (bicyclic) bond motifs is 2. The summed E-state index contributed by atoms with van der Waals surface area (Å²) >= 11 is 0. The van der Waals surface area contributed by atoms with Gasteiger partial charge in [0.2, 0.25) is 0 Å². The van der Waals surface area contributed by atoms with Gasteiger partial charge < -0.3 is 5.32 Å². The summed E-state index contributed by atoms with van der Waals surface area (Å²) in [6.45, 7) is 0.108. The third kappa shape index (κ3) is 3.12. The second-order valence-electron chi connectivity index (χ2n) is 7.17. The molecule has 5 rings (SSSR count). The van der Waals surface area contributed by atoms with Gasteiger partial charge in [-0.1, -0.05) is 30.3 Å². The highest BCUT2D eigenvalue weighted by Crippen LogP contribution is 2.15. The van der Waals surface area contributed by atoms with Crippen molar-refractivity contribution >= 4 is 28.3 Å². The number of amides is 1. The Labute approximate surface area is 175 Å². The SMILES string of the molecule is Cn1c(=O)n(Cc2cc(=O)n3[nH]cc(C(=O)Nc4ccccc4)c3n2)c2ccccc21. The molecule has 0 saturated carbocycles. The van der Waals surface area contributed by atoms with E-state index in [0.29, 0.717) is 11.4 Å². The van der Waals surface area contributed by atoms with Crippen LogP contribution in [0.2, 0.25) is 0 Å². The Kier molecular flexibility index (Phi) is 4.28. The Morgan fingerprint density at radius 1 is 1.03 bits per heavy atom. The molecule has 5 aromatic rings. The topological polar surface area (TPSA) is 106 Å². The van der Waals surface area contributed by atoms with Gasteiger partial charge >= 0.3 is 5.69 Å². The molecule has 0 aliphatic carbocycles. The fraction of sp³-hybridized carbons (Fsp3) is 0.0909. The zero-order valence-electron chi connectivity index (χ0n) is 16.6. The van der Waals surface area contributed by atoms with Crippen LogP contribution in [0.25, 0.3) is 16.7 Å². The minimum absolute atomic E-state index is 0.108. The van der Waals surface area contributed by atoms with Crippen molar-refractivity contribution in [2.24, 2.45) is 7.05 Å². The molecule has 0 fully saturated rings. The van der Waals surface area contributed by atoms with Crippen LogP contribution >= 0.6 is 0 Å². The van der Waals surface area contributed by atoms with E-state index in [2.05, 4.69) is 15.4 Å². The molecule has 0 atom stereocenters. The number of hydrogen-bond donors (Lipinski definition) is 2. The highest BCUT2D eigenvalue weighted by atomic mass is 16.2. The Bertz CT molecular complexity index is 1560. The van der Waals surface area contributed by atoms with Crippen molar-refractivity contribution in [3.05, 3.63) is 99.0 Å². The van der Waals surface area contributed by atoms with Gasteiger partial charge in [-0.2, -0.15) is 0 Å². The molecule has 0 unspecified atom stereocenters. The molecule has 0 bridgehead atoms. The molecule has 3 aromatic heterocycles. The zero-order chi connectivity index (χ0) is 21.5. The second-order valence-corrected chi connectivity index (χ2v) is 7.17. The van der Waals surface area contributed by atoms with Crippen LogP contribution in [-0.4, -0.2) is 29.6 Å². The van der Waals surface area contributed by atoms with Crippen LogP contribution in [0.5, 0.6) is 0 Å². The number of anilines is 1. The maximum atomic E-state index is 12.8. The zero-order valence-corrected chi connectivity index (χ0v) is 16.6. The van der Waals surface area contributed by atoms with E-state index in [-0.39, 0.29) is 29.0 Å². The Hall–Kier alpha value is -4.40. The maximum Gasteiger partial charge on any atom is 0.329 e. The number of para-hydroxylation sites is 3. The van der Waals surface area contributed by atoms with E-state index in [1.165, 1.54) is 16.8 Å². The molecule has 0 saturated heterocycles. The molecule has 31 heavy (non-hydrogen) atoms. The number of aromatic nitrogens is 5. The van der Waals surface area contributed by atoms with Crippen molar-refractivity contribution in [3.8, 4) is 0 Å². The first-order chi connectivity index (χ1) is 15.0. The van der Waals surface area contributed by atoms with Gasteiger partial charge in [0, 0.05) is 25.0 Å². The van der Waals surface area contributed by atoms with Gasteiger partial charge in [0.05, 0.1) is 23.3 Å². The van der Waals surface area contributed by atoms with E-state index in [1.807, 2.05) is 42.5 Å². The third-order valence-electron chi connectivity index (χ3n) is 5.20. The second kappa shape index (κ2) is 7.13. The quantitative estimate of drug-likeness (QED) is 0.469. The first kappa shape index (κ1) is 18.6. The predicted molar refractivity (Wildman–Crippen MR) is 116 cm³/mol. The lowest BCUT2D eigenvalue weighted by molar-refractivity contribution is 0.102. The number of benzene rings is 2. The summed E-state index contributed by atoms with van der Waals surface area (Å²) in [5, 5.41) is 5.56. The van der Waals surface area contributed by atoms with Crippen LogP contribution in [0, 0.1) is 0 Å². The summed E-state index contributed by atoms with van der Waals surface area (Å²) in [5.74, 6) is -0.392. The summed E-state index contributed by atoms with van der Waals surface area (Å²) in [6.07, 6.45) is 1.44. The monoisotopic (exact) mass is 414 g/mol. The maximum absolute atomic E-state index is 12.8. The number of nitrogens with one attached hydrogen (secondary N) is 2. The van der Waals surface area contributed by atoms with Crippen molar-refractivity contribution in [1.29, 1.82) is 0 Å². The van der Waals surface area contributed by atoms with Gasteiger partial charge in [0.25, 0.3) is 11.5 Å². The van der Waals surface area contributed by atoms with Crippen LogP contribution in [0.1, 0.15) is 16.1 Å². The molecular formula is C22H18N6O3. The standard InChI is InChI=1S/C22H18N6O3/c1-26-17-9-5-6-10-18(17)27(22(26)31)13-15-11-19(29)28-20(24-15)16(12-23-28)21(30)25-14-7-3-2-4-8-14/h2-12,23H,13H2,1H3,(H,25,30). The lowest BCUT2D eigenvalue weighted by Gasteiger charge is -2.05. The Balaban J connectivity index is 1.57. The first-order valence-corrected chi connectivity index (χ1v) is 9.63. The molecule has 0 aliphatic rings. The number of carbonyl (C=O) groups excluding carboxylic acids is 1.